The van der Waals surface area contributed by atoms with E-state index in [1.165, 1.54) is 6.33 Å². The maximum Gasteiger partial charge on any atom is 0.272 e. The largest absolute Gasteiger partial charge is 0.391 e. The van der Waals surface area contributed by atoms with E-state index in [2.05, 4.69) is 9.97 Å². The number of rotatable bonds is 2. The second-order valence-electron chi connectivity index (χ2n) is 5.46. The molecule has 1 aromatic carbocycles. The molecule has 1 atom stereocenters. The maximum atomic E-state index is 12.5. The number of carbonyl (C=O) groups excluding carboxylic acids is 1. The van der Waals surface area contributed by atoms with Crippen LogP contribution in [0.2, 0.25) is 10.0 Å². The van der Waals surface area contributed by atoms with Gasteiger partial charge in [0.05, 0.1) is 21.8 Å². The molecule has 1 N–H and O–H groups in total. The Kier molecular flexibility index (Phi) is 4.80. The molecular weight excluding hydrogens is 337 g/mol. The summed E-state index contributed by atoms with van der Waals surface area (Å²) in [5.74, 6) is -0.201. The highest BCUT2D eigenvalue weighted by Gasteiger charge is 2.24. The van der Waals surface area contributed by atoms with Crippen molar-refractivity contribution < 1.29 is 9.90 Å². The Morgan fingerprint density at radius 1 is 1.22 bits per heavy atom. The Morgan fingerprint density at radius 3 is 2.78 bits per heavy atom. The van der Waals surface area contributed by atoms with Gasteiger partial charge in [-0.25, -0.2) is 9.97 Å². The molecule has 1 aliphatic rings. The van der Waals surface area contributed by atoms with Gasteiger partial charge in [-0.3, -0.25) is 4.79 Å². The van der Waals surface area contributed by atoms with Gasteiger partial charge in [0.2, 0.25) is 0 Å². The zero-order valence-electron chi connectivity index (χ0n) is 12.2. The predicted octanol–water partition coefficient (Wildman–Crippen LogP) is 3.05. The van der Waals surface area contributed by atoms with E-state index in [1.807, 2.05) is 0 Å². The molecule has 7 heteroatoms. The summed E-state index contributed by atoms with van der Waals surface area (Å²) in [6.45, 7) is 0.965. The van der Waals surface area contributed by atoms with Crippen LogP contribution in [0.15, 0.2) is 30.6 Å². The van der Waals surface area contributed by atoms with Crippen molar-refractivity contribution in [1.82, 2.24) is 14.9 Å². The fourth-order valence-electron chi connectivity index (χ4n) is 2.59. The van der Waals surface area contributed by atoms with Crippen LogP contribution in [0, 0.1) is 0 Å². The van der Waals surface area contributed by atoms with Crippen LogP contribution < -0.4 is 0 Å². The first-order valence-electron chi connectivity index (χ1n) is 7.29. The van der Waals surface area contributed by atoms with Gasteiger partial charge in [0.15, 0.2) is 0 Å². The molecule has 0 saturated carbocycles. The first-order chi connectivity index (χ1) is 11.0. The zero-order valence-corrected chi connectivity index (χ0v) is 13.8. The standard InChI is InChI=1S/C16H15Cl2N3O2/c17-12-4-3-10(6-13(12)18)14-7-15(20-9-19-14)16(23)21-5-1-2-11(22)8-21/h3-4,6-7,9,11,22H,1-2,5,8H2/t11-/m1/s1. The third-order valence-electron chi connectivity index (χ3n) is 3.79. The highest BCUT2D eigenvalue weighted by molar-refractivity contribution is 6.42. The number of likely N-dealkylation sites (tertiary alicyclic amines) is 1. The Bertz CT molecular complexity index is 739. The van der Waals surface area contributed by atoms with Gasteiger partial charge >= 0.3 is 0 Å². The van der Waals surface area contributed by atoms with Gasteiger partial charge in [-0.15, -0.1) is 0 Å². The van der Waals surface area contributed by atoms with E-state index in [0.717, 1.165) is 18.4 Å². The van der Waals surface area contributed by atoms with Crippen molar-refractivity contribution in [1.29, 1.82) is 0 Å². The Hall–Kier alpha value is -1.69. The number of aliphatic hydroxyl groups excluding tert-OH is 1. The van der Waals surface area contributed by atoms with Crippen molar-refractivity contribution in [3.05, 3.63) is 46.3 Å². The Morgan fingerprint density at radius 2 is 2.04 bits per heavy atom. The monoisotopic (exact) mass is 351 g/mol. The molecule has 1 amide bonds. The van der Waals surface area contributed by atoms with Gasteiger partial charge in [-0.1, -0.05) is 29.3 Å². The summed E-state index contributed by atoms with van der Waals surface area (Å²) in [6, 6.07) is 6.80. The Balaban J connectivity index is 1.87. The fourth-order valence-corrected chi connectivity index (χ4v) is 2.89. The second kappa shape index (κ2) is 6.83. The van der Waals surface area contributed by atoms with E-state index >= 15 is 0 Å². The van der Waals surface area contributed by atoms with Gasteiger partial charge in [-0.05, 0) is 31.0 Å². The average Bonchev–Trinajstić information content (AvgIpc) is 2.57. The number of aromatic nitrogens is 2. The molecule has 2 aromatic rings. The zero-order chi connectivity index (χ0) is 16.4. The molecule has 1 aromatic heterocycles. The number of β-amino-alcohol motifs (C(OH)–C–C–N with tert-alkyl or cyclic N) is 1. The van der Waals surface area contributed by atoms with E-state index in [0.29, 0.717) is 34.5 Å². The minimum atomic E-state index is -0.468. The molecule has 23 heavy (non-hydrogen) atoms. The molecule has 1 aliphatic heterocycles. The molecule has 0 unspecified atom stereocenters. The smallest absolute Gasteiger partial charge is 0.272 e. The molecule has 3 rings (SSSR count). The van der Waals surface area contributed by atoms with Gasteiger partial charge in [0, 0.05) is 18.7 Å². The molecule has 0 bridgehead atoms. The summed E-state index contributed by atoms with van der Waals surface area (Å²) in [6.07, 6.45) is 2.40. The number of benzene rings is 1. The van der Waals surface area contributed by atoms with Crippen molar-refractivity contribution in [3.8, 4) is 11.3 Å². The Labute approximate surface area is 143 Å². The first kappa shape index (κ1) is 16.2. The quantitative estimate of drug-likeness (QED) is 0.902. The number of aliphatic hydroxyl groups is 1. The first-order valence-corrected chi connectivity index (χ1v) is 8.05. The number of hydrogen-bond donors (Lipinski definition) is 1. The normalized spacial score (nSPS) is 18.0. The summed E-state index contributed by atoms with van der Waals surface area (Å²) < 4.78 is 0. The third-order valence-corrected chi connectivity index (χ3v) is 4.52. The number of amides is 1. The number of piperidine rings is 1. The minimum absolute atomic E-state index is 0.201. The van der Waals surface area contributed by atoms with Gasteiger partial charge in [-0.2, -0.15) is 0 Å². The van der Waals surface area contributed by atoms with Crippen LogP contribution >= 0.6 is 23.2 Å². The lowest BCUT2D eigenvalue weighted by molar-refractivity contribution is 0.0469. The summed E-state index contributed by atoms with van der Waals surface area (Å²) in [5.41, 5.74) is 1.66. The number of hydrogen-bond acceptors (Lipinski definition) is 4. The highest BCUT2D eigenvalue weighted by Crippen LogP contribution is 2.27. The predicted molar refractivity (Wildman–Crippen MR) is 88.6 cm³/mol. The van der Waals surface area contributed by atoms with Crippen molar-refractivity contribution in [2.24, 2.45) is 0 Å². The van der Waals surface area contributed by atoms with Crippen LogP contribution in [-0.4, -0.2) is 45.1 Å². The highest BCUT2D eigenvalue weighted by atomic mass is 35.5. The summed E-state index contributed by atoms with van der Waals surface area (Å²) in [4.78, 5) is 22.4. The summed E-state index contributed by atoms with van der Waals surface area (Å²) in [5, 5.41) is 10.6. The van der Waals surface area contributed by atoms with Crippen molar-refractivity contribution >= 4 is 29.1 Å². The topological polar surface area (TPSA) is 66.3 Å². The molecule has 2 heterocycles. The van der Waals surface area contributed by atoms with Crippen LogP contribution in [0.5, 0.6) is 0 Å². The van der Waals surface area contributed by atoms with E-state index in [1.54, 1.807) is 29.2 Å². The van der Waals surface area contributed by atoms with Crippen LogP contribution in [-0.2, 0) is 0 Å². The number of nitrogens with zero attached hydrogens (tertiary/aromatic N) is 3. The molecule has 0 radical (unpaired) electrons. The van der Waals surface area contributed by atoms with Gasteiger partial charge in [0.25, 0.3) is 5.91 Å². The molecule has 0 spiro atoms. The second-order valence-corrected chi connectivity index (χ2v) is 6.28. The van der Waals surface area contributed by atoms with Crippen LogP contribution in [0.3, 0.4) is 0 Å². The lowest BCUT2D eigenvalue weighted by Crippen LogP contribution is -2.42. The van der Waals surface area contributed by atoms with E-state index < -0.39 is 6.10 Å². The SMILES string of the molecule is O=C(c1cc(-c2ccc(Cl)c(Cl)c2)ncn1)N1CCC[C@@H](O)C1. The summed E-state index contributed by atoms with van der Waals surface area (Å²) >= 11 is 11.9. The van der Waals surface area contributed by atoms with E-state index in [4.69, 9.17) is 23.2 Å². The van der Waals surface area contributed by atoms with Crippen LogP contribution in [0.25, 0.3) is 11.3 Å². The molecule has 5 nitrogen and oxygen atoms in total. The van der Waals surface area contributed by atoms with Crippen LogP contribution in [0.4, 0.5) is 0 Å². The lowest BCUT2D eigenvalue weighted by Gasteiger charge is -2.29. The van der Waals surface area contributed by atoms with E-state index in [9.17, 15) is 9.90 Å². The maximum absolute atomic E-state index is 12.5. The van der Waals surface area contributed by atoms with Crippen LogP contribution in [0.1, 0.15) is 23.3 Å². The van der Waals surface area contributed by atoms with Crippen molar-refractivity contribution in [2.45, 2.75) is 18.9 Å². The lowest BCUT2D eigenvalue weighted by atomic mass is 10.1. The number of carbonyl (C=O) groups is 1. The summed E-state index contributed by atoms with van der Waals surface area (Å²) in [7, 11) is 0. The van der Waals surface area contributed by atoms with Crippen molar-refractivity contribution in [2.75, 3.05) is 13.1 Å². The van der Waals surface area contributed by atoms with Gasteiger partial charge in [0.1, 0.15) is 12.0 Å². The molecule has 120 valence electrons. The number of halogens is 2. The fraction of sp³-hybridized carbons (Fsp3) is 0.312. The van der Waals surface area contributed by atoms with E-state index in [-0.39, 0.29) is 5.91 Å². The molecule has 1 fully saturated rings. The third kappa shape index (κ3) is 3.63. The average molecular weight is 352 g/mol. The molecule has 0 aliphatic carbocycles. The van der Waals surface area contributed by atoms with Crippen molar-refractivity contribution in [3.63, 3.8) is 0 Å². The molecular formula is C16H15Cl2N3O2. The molecule has 1 saturated heterocycles. The minimum Gasteiger partial charge on any atom is -0.391 e. The van der Waals surface area contributed by atoms with Gasteiger partial charge < -0.3 is 10.0 Å².